The molecule has 0 saturated carbocycles. The fourth-order valence-electron chi connectivity index (χ4n) is 1.23. The predicted molar refractivity (Wildman–Crippen MR) is 58.9 cm³/mol. The lowest BCUT2D eigenvalue weighted by Gasteiger charge is -2.07. The Labute approximate surface area is 101 Å². The fourth-order valence-corrected chi connectivity index (χ4v) is 1.23. The molecule has 0 aliphatic rings. The zero-order chi connectivity index (χ0) is 13.7. The summed E-state index contributed by atoms with van der Waals surface area (Å²) in [6.45, 7) is -0.318. The number of hydrogen-bond acceptors (Lipinski definition) is 5. The van der Waals surface area contributed by atoms with Crippen LogP contribution in [-0.4, -0.2) is 42.7 Å². The minimum Gasteiger partial charge on any atom is -0.504 e. The number of carbonyl (C=O) groups is 1. The van der Waals surface area contributed by atoms with E-state index in [1.165, 1.54) is 0 Å². The van der Waals surface area contributed by atoms with Gasteiger partial charge in [-0.25, -0.2) is 13.6 Å². The Morgan fingerprint density at radius 2 is 2.22 bits per heavy atom. The van der Waals surface area contributed by atoms with E-state index in [4.69, 9.17) is 5.11 Å². The maximum absolute atomic E-state index is 13.8. The number of halogens is 2. The molecule has 5 nitrogen and oxygen atoms in total. The number of methoxy groups -OCH3 is 1. The summed E-state index contributed by atoms with van der Waals surface area (Å²) in [5.41, 5.74) is -1.21. The standard InChI is InChI=1S/C11H11F2NO4/c1-18-11(17)6-4-8(12)10(16)7(9(6)13)5-14-2-3-15/h4-5,15-16H,2-3H2,1H3/b14-5+. The molecule has 18 heavy (non-hydrogen) atoms. The molecule has 0 fully saturated rings. The van der Waals surface area contributed by atoms with Crippen molar-refractivity contribution in [3.05, 3.63) is 28.8 Å². The number of carbonyl (C=O) groups excluding carboxylic acids is 1. The number of aliphatic hydroxyl groups is 1. The molecule has 0 heterocycles. The van der Waals surface area contributed by atoms with Crippen molar-refractivity contribution in [3.63, 3.8) is 0 Å². The highest BCUT2D eigenvalue weighted by Crippen LogP contribution is 2.26. The van der Waals surface area contributed by atoms with Gasteiger partial charge in [-0.15, -0.1) is 0 Å². The van der Waals surface area contributed by atoms with Gasteiger partial charge >= 0.3 is 5.97 Å². The van der Waals surface area contributed by atoms with Crippen molar-refractivity contribution in [1.82, 2.24) is 0 Å². The van der Waals surface area contributed by atoms with Gasteiger partial charge in [0.1, 0.15) is 5.82 Å². The largest absolute Gasteiger partial charge is 0.504 e. The summed E-state index contributed by atoms with van der Waals surface area (Å²) in [6, 6.07) is 0.542. The van der Waals surface area contributed by atoms with E-state index in [0.29, 0.717) is 6.07 Å². The lowest BCUT2D eigenvalue weighted by Crippen LogP contribution is -2.08. The second-order valence-electron chi connectivity index (χ2n) is 3.23. The van der Waals surface area contributed by atoms with Gasteiger partial charge in [-0.05, 0) is 6.07 Å². The van der Waals surface area contributed by atoms with E-state index >= 15 is 0 Å². The molecular formula is C11H11F2NO4. The monoisotopic (exact) mass is 259 g/mol. The number of aromatic hydroxyl groups is 1. The highest BCUT2D eigenvalue weighted by molar-refractivity contribution is 5.94. The molecule has 0 unspecified atom stereocenters. The van der Waals surface area contributed by atoms with Gasteiger partial charge in [0.2, 0.25) is 0 Å². The van der Waals surface area contributed by atoms with E-state index in [-0.39, 0.29) is 13.2 Å². The van der Waals surface area contributed by atoms with E-state index in [1.54, 1.807) is 0 Å². The van der Waals surface area contributed by atoms with Crippen molar-refractivity contribution in [3.8, 4) is 5.75 Å². The summed E-state index contributed by atoms with van der Waals surface area (Å²) in [5, 5.41) is 17.8. The van der Waals surface area contributed by atoms with E-state index in [1.807, 2.05) is 0 Å². The number of phenolic OH excluding ortho intramolecular Hbond substituents is 1. The number of nitrogens with zero attached hydrogens (tertiary/aromatic N) is 1. The van der Waals surface area contributed by atoms with Crippen molar-refractivity contribution in [2.75, 3.05) is 20.3 Å². The number of esters is 1. The summed E-state index contributed by atoms with van der Waals surface area (Å²) in [6.07, 6.45) is 0.844. The lowest BCUT2D eigenvalue weighted by atomic mass is 10.1. The van der Waals surface area contributed by atoms with Crippen LogP contribution in [0, 0.1) is 11.6 Å². The molecule has 1 rings (SSSR count). The minimum atomic E-state index is -1.16. The van der Waals surface area contributed by atoms with Gasteiger partial charge in [0.05, 0.1) is 31.4 Å². The van der Waals surface area contributed by atoms with Gasteiger partial charge in [0.15, 0.2) is 11.6 Å². The Balaban J connectivity index is 3.31. The number of aliphatic hydroxyl groups excluding tert-OH is 1. The topological polar surface area (TPSA) is 79.1 Å². The van der Waals surface area contributed by atoms with Gasteiger partial charge in [0.25, 0.3) is 0 Å². The van der Waals surface area contributed by atoms with Crippen LogP contribution in [0.5, 0.6) is 5.75 Å². The third-order valence-corrected chi connectivity index (χ3v) is 2.08. The van der Waals surface area contributed by atoms with Crippen molar-refractivity contribution in [2.24, 2.45) is 4.99 Å². The number of rotatable bonds is 4. The van der Waals surface area contributed by atoms with Crippen LogP contribution in [0.3, 0.4) is 0 Å². The van der Waals surface area contributed by atoms with Crippen LogP contribution < -0.4 is 0 Å². The van der Waals surface area contributed by atoms with Gasteiger partial charge in [-0.3, -0.25) is 4.99 Å². The molecule has 0 amide bonds. The fraction of sp³-hybridized carbons (Fsp3) is 0.273. The quantitative estimate of drug-likeness (QED) is 0.621. The average Bonchev–Trinajstić information content (AvgIpc) is 2.37. The Morgan fingerprint density at radius 1 is 1.56 bits per heavy atom. The van der Waals surface area contributed by atoms with Gasteiger partial charge in [-0.1, -0.05) is 0 Å². The second-order valence-corrected chi connectivity index (χ2v) is 3.23. The number of phenols is 1. The number of hydrogen-bond donors (Lipinski definition) is 2. The summed E-state index contributed by atoms with van der Waals surface area (Å²) in [7, 11) is 1.02. The van der Waals surface area contributed by atoms with E-state index in [9.17, 15) is 18.7 Å². The van der Waals surface area contributed by atoms with Crippen molar-refractivity contribution in [2.45, 2.75) is 0 Å². The van der Waals surface area contributed by atoms with Crippen LogP contribution in [-0.2, 0) is 4.74 Å². The summed E-state index contributed by atoms with van der Waals surface area (Å²) in [4.78, 5) is 14.7. The molecule has 1 aromatic rings. The maximum atomic E-state index is 13.8. The molecule has 1 aromatic carbocycles. The zero-order valence-electron chi connectivity index (χ0n) is 9.48. The second kappa shape index (κ2) is 6.06. The Morgan fingerprint density at radius 3 is 2.78 bits per heavy atom. The van der Waals surface area contributed by atoms with Gasteiger partial charge in [-0.2, -0.15) is 0 Å². The Hall–Kier alpha value is -2.02. The number of benzene rings is 1. The predicted octanol–water partition coefficient (Wildman–Crippen LogP) is 0.868. The van der Waals surface area contributed by atoms with E-state index < -0.39 is 34.5 Å². The third kappa shape index (κ3) is 2.80. The molecule has 0 aromatic heterocycles. The molecule has 7 heteroatoms. The summed E-state index contributed by atoms with van der Waals surface area (Å²) < 4.78 is 31.4. The summed E-state index contributed by atoms with van der Waals surface area (Å²) in [5.74, 6) is -4.32. The van der Waals surface area contributed by atoms with Crippen LogP contribution in [0.1, 0.15) is 15.9 Å². The molecule has 0 bridgehead atoms. The smallest absolute Gasteiger partial charge is 0.340 e. The van der Waals surface area contributed by atoms with Crippen LogP contribution in [0.15, 0.2) is 11.1 Å². The molecule has 0 aliphatic heterocycles. The number of aliphatic imine (C=N–C) groups is 1. The first kappa shape index (κ1) is 14.0. The van der Waals surface area contributed by atoms with E-state index in [2.05, 4.69) is 9.73 Å². The first-order valence-electron chi connectivity index (χ1n) is 4.92. The first-order chi connectivity index (χ1) is 8.52. The van der Waals surface area contributed by atoms with Gasteiger partial charge in [0, 0.05) is 6.21 Å². The molecule has 0 atom stereocenters. The van der Waals surface area contributed by atoms with Crippen molar-refractivity contribution < 1.29 is 28.5 Å². The van der Waals surface area contributed by atoms with Gasteiger partial charge < -0.3 is 14.9 Å². The lowest BCUT2D eigenvalue weighted by molar-refractivity contribution is 0.0594. The molecule has 0 radical (unpaired) electrons. The van der Waals surface area contributed by atoms with Crippen LogP contribution in [0.2, 0.25) is 0 Å². The number of ether oxygens (including phenoxy) is 1. The molecule has 98 valence electrons. The molecule has 2 N–H and O–H groups in total. The van der Waals surface area contributed by atoms with E-state index in [0.717, 1.165) is 13.3 Å². The maximum Gasteiger partial charge on any atom is 0.340 e. The SMILES string of the molecule is COC(=O)c1cc(F)c(O)c(/C=N/CCO)c1F. The third-order valence-electron chi connectivity index (χ3n) is 2.08. The van der Waals surface area contributed by atoms with Crippen LogP contribution in [0.25, 0.3) is 0 Å². The molecule has 0 aliphatic carbocycles. The van der Waals surface area contributed by atoms with Crippen LogP contribution >= 0.6 is 0 Å². The Kier molecular flexibility index (Phi) is 4.73. The zero-order valence-corrected chi connectivity index (χ0v) is 9.48. The highest BCUT2D eigenvalue weighted by atomic mass is 19.1. The summed E-state index contributed by atoms with van der Waals surface area (Å²) >= 11 is 0. The minimum absolute atomic E-state index is 0.0387. The molecule has 0 saturated heterocycles. The van der Waals surface area contributed by atoms with Crippen LogP contribution in [0.4, 0.5) is 8.78 Å². The van der Waals surface area contributed by atoms with Crippen molar-refractivity contribution in [1.29, 1.82) is 0 Å². The molecular weight excluding hydrogens is 248 g/mol. The normalized spacial score (nSPS) is 10.9. The van der Waals surface area contributed by atoms with Crippen molar-refractivity contribution >= 4 is 12.2 Å². The average molecular weight is 259 g/mol. The Bertz CT molecular complexity index is 488. The first-order valence-corrected chi connectivity index (χ1v) is 4.92. The molecule has 0 spiro atoms. The highest BCUT2D eigenvalue weighted by Gasteiger charge is 2.21.